The van der Waals surface area contributed by atoms with Crippen LogP contribution in [0.25, 0.3) is 0 Å². The van der Waals surface area contributed by atoms with Crippen molar-refractivity contribution in [1.82, 2.24) is 0 Å². The van der Waals surface area contributed by atoms with Gasteiger partial charge in [0.2, 0.25) is 0 Å². The molecule has 17 heavy (non-hydrogen) atoms. The van der Waals surface area contributed by atoms with E-state index >= 15 is 0 Å². The lowest BCUT2D eigenvalue weighted by Crippen LogP contribution is -2.36. The van der Waals surface area contributed by atoms with Crippen LogP contribution in [0.5, 0.6) is 0 Å². The van der Waals surface area contributed by atoms with Gasteiger partial charge >= 0.3 is 0 Å². The van der Waals surface area contributed by atoms with E-state index < -0.39 is 0 Å². The number of ether oxygens (including phenoxy) is 2. The molecule has 0 N–H and O–H groups in total. The van der Waals surface area contributed by atoms with E-state index in [1.165, 1.54) is 32.1 Å². The molecule has 0 aromatic rings. The van der Waals surface area contributed by atoms with Crippen LogP contribution in [0, 0.1) is 17.8 Å². The van der Waals surface area contributed by atoms with Crippen molar-refractivity contribution in [3.8, 4) is 0 Å². The number of hydrogen-bond donors (Lipinski definition) is 0. The molecule has 0 amide bonds. The van der Waals surface area contributed by atoms with Gasteiger partial charge in [0.1, 0.15) is 0 Å². The maximum Gasteiger partial charge on any atom is 0.0970 e. The average molecular weight is 238 g/mol. The largest absolute Gasteiger partial charge is 0.369 e. The second-order valence-electron chi connectivity index (χ2n) is 6.95. The molecule has 0 radical (unpaired) electrons. The molecule has 2 nitrogen and oxygen atoms in total. The molecule has 3 rings (SSSR count). The summed E-state index contributed by atoms with van der Waals surface area (Å²) in [4.78, 5) is 0. The summed E-state index contributed by atoms with van der Waals surface area (Å²) < 4.78 is 11.7. The quantitative estimate of drug-likeness (QED) is 0.701. The Morgan fingerprint density at radius 1 is 1.35 bits per heavy atom. The highest BCUT2D eigenvalue weighted by atomic mass is 16.6. The SMILES string of the molecule is CC(C)CCC1OC1C1CC(C)CCC12CO2. The predicted molar refractivity (Wildman–Crippen MR) is 67.9 cm³/mol. The minimum Gasteiger partial charge on any atom is -0.369 e. The fourth-order valence-corrected chi connectivity index (χ4v) is 3.57. The van der Waals surface area contributed by atoms with Gasteiger partial charge in [-0.1, -0.05) is 20.8 Å². The Bertz CT molecular complexity index is 283. The Morgan fingerprint density at radius 3 is 2.76 bits per heavy atom. The first kappa shape index (κ1) is 12.0. The van der Waals surface area contributed by atoms with E-state index in [9.17, 15) is 0 Å². The van der Waals surface area contributed by atoms with Gasteiger partial charge in [-0.3, -0.25) is 0 Å². The summed E-state index contributed by atoms with van der Waals surface area (Å²) in [5, 5.41) is 0. The van der Waals surface area contributed by atoms with Crippen molar-refractivity contribution in [2.24, 2.45) is 17.8 Å². The number of rotatable bonds is 4. The molecule has 0 aromatic carbocycles. The summed E-state index contributed by atoms with van der Waals surface area (Å²) in [6, 6.07) is 0. The predicted octanol–water partition coefficient (Wildman–Crippen LogP) is 3.40. The topological polar surface area (TPSA) is 25.1 Å². The molecule has 0 aromatic heterocycles. The highest BCUT2D eigenvalue weighted by Crippen LogP contribution is 2.54. The average Bonchev–Trinajstić information content (AvgIpc) is 3.17. The summed E-state index contributed by atoms with van der Waals surface area (Å²) in [6.07, 6.45) is 7.58. The van der Waals surface area contributed by atoms with Crippen molar-refractivity contribution in [2.45, 2.75) is 70.7 Å². The maximum atomic E-state index is 5.95. The second-order valence-corrected chi connectivity index (χ2v) is 6.95. The molecule has 2 saturated heterocycles. The van der Waals surface area contributed by atoms with E-state index in [1.807, 2.05) is 0 Å². The van der Waals surface area contributed by atoms with Gasteiger partial charge in [-0.2, -0.15) is 0 Å². The van der Waals surface area contributed by atoms with Crippen molar-refractivity contribution >= 4 is 0 Å². The first-order valence-corrected chi connectivity index (χ1v) is 7.40. The van der Waals surface area contributed by atoms with Gasteiger partial charge in [0.25, 0.3) is 0 Å². The molecule has 3 aliphatic rings. The van der Waals surface area contributed by atoms with Crippen LogP contribution in [0.15, 0.2) is 0 Å². The van der Waals surface area contributed by atoms with E-state index in [0.717, 1.165) is 18.4 Å². The molecule has 1 aliphatic carbocycles. The molecule has 3 fully saturated rings. The van der Waals surface area contributed by atoms with Gasteiger partial charge < -0.3 is 9.47 Å². The number of hydrogen-bond acceptors (Lipinski definition) is 2. The molecule has 2 heterocycles. The summed E-state index contributed by atoms with van der Waals surface area (Å²) in [5.41, 5.74) is 0.254. The standard InChI is InChI=1S/C15H26O2/c1-10(2)4-5-13-14(17-13)12-8-11(3)6-7-15(12)9-16-15/h10-14H,4-9H2,1-3H3. The highest BCUT2D eigenvalue weighted by molar-refractivity contribution is 5.09. The molecule has 1 saturated carbocycles. The Morgan fingerprint density at radius 2 is 2.12 bits per heavy atom. The zero-order valence-electron chi connectivity index (χ0n) is 11.4. The Labute approximate surface area is 105 Å². The van der Waals surface area contributed by atoms with Crippen molar-refractivity contribution in [3.63, 3.8) is 0 Å². The highest BCUT2D eigenvalue weighted by Gasteiger charge is 2.61. The summed E-state index contributed by atoms with van der Waals surface area (Å²) in [7, 11) is 0. The van der Waals surface area contributed by atoms with Gasteiger partial charge in [0, 0.05) is 5.92 Å². The molecule has 5 unspecified atom stereocenters. The molecule has 98 valence electrons. The number of epoxide rings is 2. The van der Waals surface area contributed by atoms with Gasteiger partial charge in [0.15, 0.2) is 0 Å². The fourth-order valence-electron chi connectivity index (χ4n) is 3.57. The van der Waals surface area contributed by atoms with Gasteiger partial charge in [-0.15, -0.1) is 0 Å². The summed E-state index contributed by atoms with van der Waals surface area (Å²) in [6.45, 7) is 7.98. The molecule has 5 atom stereocenters. The van der Waals surface area contributed by atoms with Crippen LogP contribution < -0.4 is 0 Å². The van der Waals surface area contributed by atoms with E-state index in [0.29, 0.717) is 18.1 Å². The lowest BCUT2D eigenvalue weighted by Gasteiger charge is -2.32. The van der Waals surface area contributed by atoms with Crippen molar-refractivity contribution in [3.05, 3.63) is 0 Å². The molecular formula is C15H26O2. The minimum atomic E-state index is 0.254. The van der Waals surface area contributed by atoms with Crippen LogP contribution in [-0.4, -0.2) is 24.4 Å². The third kappa shape index (κ3) is 2.39. The Kier molecular flexibility index (Phi) is 2.99. The van der Waals surface area contributed by atoms with E-state index in [4.69, 9.17) is 9.47 Å². The summed E-state index contributed by atoms with van der Waals surface area (Å²) >= 11 is 0. The van der Waals surface area contributed by atoms with E-state index in [1.54, 1.807) is 0 Å². The van der Waals surface area contributed by atoms with Crippen LogP contribution in [0.3, 0.4) is 0 Å². The van der Waals surface area contributed by atoms with Crippen molar-refractivity contribution in [2.75, 3.05) is 6.61 Å². The third-order valence-electron chi connectivity index (χ3n) is 4.95. The van der Waals surface area contributed by atoms with Crippen LogP contribution in [0.1, 0.15) is 52.9 Å². The van der Waals surface area contributed by atoms with Crippen LogP contribution in [-0.2, 0) is 9.47 Å². The minimum absolute atomic E-state index is 0.254. The fraction of sp³-hybridized carbons (Fsp3) is 1.00. The van der Waals surface area contributed by atoms with E-state index in [2.05, 4.69) is 20.8 Å². The normalized spacial score (nSPS) is 48.7. The molecule has 1 spiro atoms. The van der Waals surface area contributed by atoms with Gasteiger partial charge in [-0.25, -0.2) is 0 Å². The lowest BCUT2D eigenvalue weighted by molar-refractivity contribution is 0.104. The van der Waals surface area contributed by atoms with Crippen LogP contribution >= 0.6 is 0 Å². The second kappa shape index (κ2) is 4.24. The molecule has 2 heteroatoms. The first-order chi connectivity index (χ1) is 8.11. The zero-order valence-corrected chi connectivity index (χ0v) is 11.4. The van der Waals surface area contributed by atoms with E-state index in [-0.39, 0.29) is 5.60 Å². The molecule has 0 bridgehead atoms. The molecule has 2 aliphatic heterocycles. The van der Waals surface area contributed by atoms with Crippen molar-refractivity contribution < 1.29 is 9.47 Å². The van der Waals surface area contributed by atoms with Crippen LogP contribution in [0.4, 0.5) is 0 Å². The lowest BCUT2D eigenvalue weighted by atomic mass is 9.72. The first-order valence-electron chi connectivity index (χ1n) is 7.40. The smallest absolute Gasteiger partial charge is 0.0970 e. The van der Waals surface area contributed by atoms with Crippen LogP contribution in [0.2, 0.25) is 0 Å². The van der Waals surface area contributed by atoms with Crippen molar-refractivity contribution in [1.29, 1.82) is 0 Å². The Hall–Kier alpha value is -0.0800. The Balaban J connectivity index is 1.54. The zero-order chi connectivity index (χ0) is 12.0. The monoisotopic (exact) mass is 238 g/mol. The maximum absolute atomic E-state index is 5.95. The third-order valence-corrected chi connectivity index (χ3v) is 4.95. The summed E-state index contributed by atoms with van der Waals surface area (Å²) in [5.74, 6) is 2.37. The molecular weight excluding hydrogens is 212 g/mol. The van der Waals surface area contributed by atoms with Gasteiger partial charge in [-0.05, 0) is 43.9 Å². The van der Waals surface area contributed by atoms with Gasteiger partial charge in [0.05, 0.1) is 24.4 Å².